The summed E-state index contributed by atoms with van der Waals surface area (Å²) in [5.74, 6) is -0.375. The van der Waals surface area contributed by atoms with E-state index in [1.165, 1.54) is 32.1 Å². The van der Waals surface area contributed by atoms with Crippen molar-refractivity contribution in [2.45, 2.75) is 128 Å². The number of carbonyl (C=O) groups is 1. The average Bonchev–Trinajstić information content (AvgIpc) is 3.06. The number of hydrogen-bond acceptors (Lipinski definition) is 7. The molecule has 0 heterocycles. The lowest BCUT2D eigenvalue weighted by molar-refractivity contribution is -0.870. The fraction of sp³-hybridized carbons (Fsp3) is 0.634. The van der Waals surface area contributed by atoms with E-state index in [1.54, 1.807) is 18.2 Å². The van der Waals surface area contributed by atoms with E-state index in [1.807, 2.05) is 39.4 Å². The minimum Gasteiger partial charge on any atom is -0.756 e. The van der Waals surface area contributed by atoms with E-state index in [9.17, 15) is 24.5 Å². The Labute approximate surface area is 310 Å². The molecule has 292 valence electrons. The van der Waals surface area contributed by atoms with Crippen molar-refractivity contribution in [2.24, 2.45) is 0 Å². The molecule has 0 saturated heterocycles. The Hall–Kier alpha value is -2.36. The molecule has 0 aliphatic rings. The van der Waals surface area contributed by atoms with Gasteiger partial charge in [0.15, 0.2) is 0 Å². The van der Waals surface area contributed by atoms with Gasteiger partial charge in [-0.2, -0.15) is 0 Å². The standard InChI is InChI=1S/C41H71N2O7P/c1-6-8-10-12-14-16-18-19-21-22-24-26-28-31-38(44)32-30-34-41(46)42-39(37-50-51(47,48)49-36-35-43(3,4)5)40(45)33-29-27-25-23-20-17-15-13-11-9-7-2/h8,10,14,16,19-21,23-24,26,28-29,31,33,38-40,44-45H,6-7,9,11-13,15,17-18,22,25,27,30,32,34-37H2,1-5H3,(H-,42,46,47,48)/b10-8-,16-14-,21-19-,23-20-,26-24-,31-28+,33-29+/t38?,39-,40+/m0/s1. The van der Waals surface area contributed by atoms with Crippen molar-refractivity contribution in [1.82, 2.24) is 5.32 Å². The third kappa shape index (κ3) is 34.5. The van der Waals surface area contributed by atoms with Gasteiger partial charge in [0, 0.05) is 6.42 Å². The maximum Gasteiger partial charge on any atom is 0.268 e. The summed E-state index contributed by atoms with van der Waals surface area (Å²) in [4.78, 5) is 25.2. The molecule has 0 aliphatic carbocycles. The number of quaternary nitrogens is 1. The van der Waals surface area contributed by atoms with Crippen LogP contribution in [0.4, 0.5) is 0 Å². The van der Waals surface area contributed by atoms with Crippen molar-refractivity contribution in [3.8, 4) is 0 Å². The Bertz CT molecular complexity index is 1120. The summed E-state index contributed by atoms with van der Waals surface area (Å²) in [7, 11) is 1.10. The zero-order valence-corrected chi connectivity index (χ0v) is 33.3. The Morgan fingerprint density at radius 1 is 0.765 bits per heavy atom. The van der Waals surface area contributed by atoms with E-state index in [4.69, 9.17) is 9.05 Å². The van der Waals surface area contributed by atoms with Crippen LogP contribution < -0.4 is 10.2 Å². The first kappa shape index (κ1) is 48.6. The van der Waals surface area contributed by atoms with Crippen molar-refractivity contribution < 1.29 is 38.0 Å². The highest BCUT2D eigenvalue weighted by Crippen LogP contribution is 2.38. The van der Waals surface area contributed by atoms with Crippen LogP contribution in [0.3, 0.4) is 0 Å². The molecule has 9 nitrogen and oxygen atoms in total. The number of allylic oxidation sites excluding steroid dienone is 12. The van der Waals surface area contributed by atoms with Gasteiger partial charge in [-0.05, 0) is 64.2 Å². The molecule has 0 spiro atoms. The van der Waals surface area contributed by atoms with E-state index in [-0.39, 0.29) is 18.9 Å². The molecule has 0 aliphatic heterocycles. The van der Waals surface area contributed by atoms with Crippen LogP contribution in [0.1, 0.15) is 110 Å². The number of phosphoric acid groups is 1. The summed E-state index contributed by atoms with van der Waals surface area (Å²) in [6.45, 7) is 4.27. The van der Waals surface area contributed by atoms with E-state index in [0.717, 1.165) is 38.5 Å². The second-order valence-corrected chi connectivity index (χ2v) is 15.1. The summed E-state index contributed by atoms with van der Waals surface area (Å²) in [6.07, 6.45) is 39.5. The number of nitrogens with one attached hydrogen (secondary N) is 1. The van der Waals surface area contributed by atoms with Gasteiger partial charge in [0.2, 0.25) is 5.91 Å². The van der Waals surface area contributed by atoms with Gasteiger partial charge in [-0.15, -0.1) is 0 Å². The minimum absolute atomic E-state index is 0.0466. The summed E-state index contributed by atoms with van der Waals surface area (Å²) >= 11 is 0. The van der Waals surface area contributed by atoms with Crippen LogP contribution in [0.15, 0.2) is 85.1 Å². The molecular weight excluding hydrogens is 663 g/mol. The van der Waals surface area contributed by atoms with Crippen LogP contribution in [0.2, 0.25) is 0 Å². The topological polar surface area (TPSA) is 128 Å². The van der Waals surface area contributed by atoms with Crippen LogP contribution in [-0.2, 0) is 18.4 Å². The third-order valence-electron chi connectivity index (χ3n) is 7.69. The maximum atomic E-state index is 12.8. The molecule has 0 saturated carbocycles. The Balaban J connectivity index is 4.81. The molecular formula is C41H71N2O7P. The molecule has 0 fully saturated rings. The second kappa shape index (κ2) is 32.3. The zero-order chi connectivity index (χ0) is 38.1. The lowest BCUT2D eigenvalue weighted by Gasteiger charge is -2.29. The molecule has 4 atom stereocenters. The van der Waals surface area contributed by atoms with E-state index in [2.05, 4.69) is 67.8 Å². The van der Waals surface area contributed by atoms with Gasteiger partial charge in [-0.25, -0.2) is 0 Å². The highest BCUT2D eigenvalue weighted by atomic mass is 31.2. The van der Waals surface area contributed by atoms with Gasteiger partial charge in [0.1, 0.15) is 13.2 Å². The van der Waals surface area contributed by atoms with Crippen molar-refractivity contribution in [3.63, 3.8) is 0 Å². The van der Waals surface area contributed by atoms with Crippen molar-refractivity contribution >= 4 is 13.7 Å². The van der Waals surface area contributed by atoms with Gasteiger partial charge >= 0.3 is 0 Å². The van der Waals surface area contributed by atoms with Gasteiger partial charge in [-0.1, -0.05) is 125 Å². The summed E-state index contributed by atoms with van der Waals surface area (Å²) in [6, 6.07) is -1.00. The maximum absolute atomic E-state index is 12.8. The van der Waals surface area contributed by atoms with Gasteiger partial charge in [0.05, 0.1) is 46.0 Å². The molecule has 2 unspecified atom stereocenters. The van der Waals surface area contributed by atoms with Crippen LogP contribution >= 0.6 is 7.82 Å². The zero-order valence-electron chi connectivity index (χ0n) is 32.4. The lowest BCUT2D eigenvalue weighted by atomic mass is 10.1. The summed E-state index contributed by atoms with van der Waals surface area (Å²) in [5, 5.41) is 23.9. The fourth-order valence-electron chi connectivity index (χ4n) is 4.60. The molecule has 0 aromatic rings. The predicted molar refractivity (Wildman–Crippen MR) is 211 cm³/mol. The fourth-order valence-corrected chi connectivity index (χ4v) is 5.33. The molecule has 0 bridgehead atoms. The SMILES string of the molecule is CC/C=C\C/C=C\C/C=C\C/C=C\C=C\C(O)CCCC(=O)N[C@@H](COP(=O)([O-])OCC[N+](C)(C)C)[C@H](O)/C=C/CC/C=C\CCCCCCC. The first-order valence-electron chi connectivity index (χ1n) is 19.1. The number of unbranched alkanes of at least 4 members (excludes halogenated alkanes) is 6. The molecule has 10 heteroatoms. The number of phosphoric ester groups is 1. The van der Waals surface area contributed by atoms with E-state index in [0.29, 0.717) is 30.3 Å². The van der Waals surface area contributed by atoms with Gasteiger partial charge in [0.25, 0.3) is 7.82 Å². The number of aliphatic hydroxyl groups excluding tert-OH is 2. The number of nitrogens with zero attached hydrogens (tertiary/aromatic N) is 1. The normalized spacial score (nSPS) is 16.2. The van der Waals surface area contributed by atoms with Crippen molar-refractivity contribution in [2.75, 3.05) is 40.9 Å². The Kier molecular flexibility index (Phi) is 30.8. The number of rotatable bonds is 32. The van der Waals surface area contributed by atoms with Crippen LogP contribution in [0.25, 0.3) is 0 Å². The number of likely N-dealkylation sites (N-methyl/N-ethyl adjacent to an activating group) is 1. The lowest BCUT2D eigenvalue weighted by Crippen LogP contribution is -2.45. The molecule has 0 rings (SSSR count). The number of carbonyl (C=O) groups excluding carboxylic acids is 1. The van der Waals surface area contributed by atoms with Gasteiger partial charge < -0.3 is 34.0 Å². The van der Waals surface area contributed by atoms with Crippen LogP contribution in [0, 0.1) is 0 Å². The average molecular weight is 735 g/mol. The predicted octanol–water partition coefficient (Wildman–Crippen LogP) is 8.19. The van der Waals surface area contributed by atoms with Crippen molar-refractivity contribution in [1.29, 1.82) is 0 Å². The number of amides is 1. The molecule has 0 aromatic carbocycles. The van der Waals surface area contributed by atoms with Gasteiger partial charge in [-0.3, -0.25) is 9.36 Å². The Morgan fingerprint density at radius 3 is 2.06 bits per heavy atom. The molecule has 1 amide bonds. The molecule has 51 heavy (non-hydrogen) atoms. The van der Waals surface area contributed by atoms with Crippen LogP contribution in [0.5, 0.6) is 0 Å². The smallest absolute Gasteiger partial charge is 0.268 e. The monoisotopic (exact) mass is 734 g/mol. The first-order chi connectivity index (χ1) is 24.4. The summed E-state index contributed by atoms with van der Waals surface area (Å²) in [5.41, 5.74) is 0. The van der Waals surface area contributed by atoms with Crippen molar-refractivity contribution in [3.05, 3.63) is 85.1 Å². The summed E-state index contributed by atoms with van der Waals surface area (Å²) < 4.78 is 23.0. The molecule has 0 radical (unpaired) electrons. The second-order valence-electron chi connectivity index (χ2n) is 13.7. The quantitative estimate of drug-likeness (QED) is 0.0209. The number of hydrogen-bond donors (Lipinski definition) is 3. The van der Waals surface area contributed by atoms with E-state index >= 15 is 0 Å². The van der Waals surface area contributed by atoms with Crippen LogP contribution in [-0.4, -0.2) is 79.8 Å². The Morgan fingerprint density at radius 2 is 1.39 bits per heavy atom. The highest BCUT2D eigenvalue weighted by molar-refractivity contribution is 7.45. The third-order valence-corrected chi connectivity index (χ3v) is 8.66. The number of aliphatic hydroxyl groups is 2. The highest BCUT2D eigenvalue weighted by Gasteiger charge is 2.23. The first-order valence-corrected chi connectivity index (χ1v) is 20.5. The van der Waals surface area contributed by atoms with E-state index < -0.39 is 32.7 Å². The minimum atomic E-state index is -4.65. The molecule has 0 aromatic heterocycles. The largest absolute Gasteiger partial charge is 0.756 e. The molecule has 3 N–H and O–H groups in total.